The Morgan fingerprint density at radius 3 is 2.66 bits per heavy atom. The van der Waals surface area contributed by atoms with Gasteiger partial charge in [0.1, 0.15) is 5.84 Å². The fourth-order valence-electron chi connectivity index (χ4n) is 3.71. The van der Waals surface area contributed by atoms with Crippen LogP contribution in [0.15, 0.2) is 52.5 Å². The normalized spacial score (nSPS) is 18.4. The van der Waals surface area contributed by atoms with E-state index in [1.807, 2.05) is 12.3 Å². The third-order valence-electron chi connectivity index (χ3n) is 5.62. The van der Waals surface area contributed by atoms with Gasteiger partial charge in [-0.3, -0.25) is 15.1 Å². The van der Waals surface area contributed by atoms with Crippen LogP contribution in [0.2, 0.25) is 0 Å². The maximum absolute atomic E-state index is 12.5. The zero-order valence-electron chi connectivity index (χ0n) is 17.1. The Labute approximate surface area is 175 Å². The number of aliphatic imine (C=N–C) groups is 1. The van der Waals surface area contributed by atoms with E-state index in [0.29, 0.717) is 16.7 Å². The van der Waals surface area contributed by atoms with Crippen LogP contribution in [0.1, 0.15) is 48.7 Å². The van der Waals surface area contributed by atoms with E-state index in [1.165, 1.54) is 17.3 Å². The Morgan fingerprint density at radius 1 is 1.24 bits per heavy atom. The largest absolute Gasteiger partial charge is 0.318 e. The van der Waals surface area contributed by atoms with E-state index in [4.69, 9.17) is 5.41 Å². The van der Waals surface area contributed by atoms with Gasteiger partial charge in [-0.25, -0.2) is 0 Å². The lowest BCUT2D eigenvalue weighted by molar-refractivity contribution is -0.114. The van der Waals surface area contributed by atoms with E-state index in [0.717, 1.165) is 29.1 Å². The van der Waals surface area contributed by atoms with Crippen molar-refractivity contribution in [2.45, 2.75) is 40.0 Å². The number of nitrogens with one attached hydrogen (secondary N) is 1. The van der Waals surface area contributed by atoms with Crippen molar-refractivity contribution in [3.8, 4) is 5.69 Å². The molecule has 5 nitrogen and oxygen atoms in total. The molecule has 0 radical (unpaired) electrons. The highest BCUT2D eigenvalue weighted by atomic mass is 32.2. The van der Waals surface area contributed by atoms with Crippen LogP contribution in [0.3, 0.4) is 0 Å². The zero-order valence-corrected chi connectivity index (χ0v) is 17.9. The molecule has 1 atom stereocenters. The molecular weight excluding hydrogens is 380 g/mol. The van der Waals surface area contributed by atoms with E-state index < -0.39 is 0 Å². The highest BCUT2D eigenvalue weighted by Gasteiger charge is 2.31. The Bertz CT molecular complexity index is 1090. The molecule has 0 unspecified atom stereocenters. The second kappa shape index (κ2) is 7.52. The third kappa shape index (κ3) is 3.38. The minimum atomic E-state index is -0.361. The Kier molecular flexibility index (Phi) is 5.04. The van der Waals surface area contributed by atoms with Gasteiger partial charge >= 0.3 is 0 Å². The van der Waals surface area contributed by atoms with Gasteiger partial charge in [-0.15, -0.1) is 0 Å². The van der Waals surface area contributed by atoms with Gasteiger partial charge in [0.05, 0.1) is 5.57 Å². The maximum atomic E-state index is 12.5. The molecule has 2 aliphatic heterocycles. The first kappa shape index (κ1) is 19.5. The summed E-state index contributed by atoms with van der Waals surface area (Å²) in [4.78, 5) is 18.2. The average Bonchev–Trinajstić information content (AvgIpc) is 3.29. The lowest BCUT2D eigenvalue weighted by atomic mass is 9.98. The number of amides is 1. The summed E-state index contributed by atoms with van der Waals surface area (Å²) in [6, 6.07) is 10.7. The molecule has 0 spiro atoms. The Hall–Kier alpha value is -2.86. The summed E-state index contributed by atoms with van der Waals surface area (Å²) in [6.07, 6.45) is 4.68. The van der Waals surface area contributed by atoms with Gasteiger partial charge in [-0.05, 0) is 67.0 Å². The lowest BCUT2D eigenvalue weighted by Gasteiger charge is -2.22. The number of hydrogen-bond donors (Lipinski definition) is 1. The molecule has 2 aliphatic rings. The highest BCUT2D eigenvalue weighted by molar-refractivity contribution is 8.16. The van der Waals surface area contributed by atoms with Crippen molar-refractivity contribution in [2.24, 2.45) is 4.99 Å². The number of thioether (sulfide) groups is 1. The van der Waals surface area contributed by atoms with Crippen LogP contribution in [0.4, 0.5) is 0 Å². The first-order valence-corrected chi connectivity index (χ1v) is 10.6. The predicted molar refractivity (Wildman–Crippen MR) is 121 cm³/mol. The molecule has 148 valence electrons. The number of rotatable bonds is 4. The van der Waals surface area contributed by atoms with E-state index in [9.17, 15) is 4.79 Å². The topological polar surface area (TPSA) is 61.5 Å². The smallest absolute Gasteiger partial charge is 0.283 e. The molecule has 1 aromatic carbocycles. The van der Waals surface area contributed by atoms with Gasteiger partial charge in [0.25, 0.3) is 5.91 Å². The predicted octanol–water partition coefficient (Wildman–Crippen LogP) is 5.38. The van der Waals surface area contributed by atoms with Crippen molar-refractivity contribution >= 4 is 34.7 Å². The summed E-state index contributed by atoms with van der Waals surface area (Å²) in [7, 11) is 0. The molecule has 29 heavy (non-hydrogen) atoms. The average molecular weight is 405 g/mol. The number of aryl methyl sites for hydroxylation is 1. The number of carbonyl (C=O) groups is 1. The molecule has 1 aromatic heterocycles. The summed E-state index contributed by atoms with van der Waals surface area (Å²) >= 11 is 1.36. The van der Waals surface area contributed by atoms with E-state index >= 15 is 0 Å². The van der Waals surface area contributed by atoms with Crippen LogP contribution < -0.4 is 0 Å². The molecule has 2 aromatic rings. The van der Waals surface area contributed by atoms with Crippen LogP contribution >= 0.6 is 11.8 Å². The number of hydrogen-bond acceptors (Lipinski definition) is 3. The fraction of sp³-hybridized carbons (Fsp3) is 0.261. The summed E-state index contributed by atoms with van der Waals surface area (Å²) < 4.78 is 2.18. The molecule has 1 N–H and O–H groups in total. The van der Waals surface area contributed by atoms with Crippen LogP contribution in [-0.2, 0) is 4.79 Å². The number of fused-ring (bicyclic) bond motifs is 1. The Morgan fingerprint density at radius 2 is 1.97 bits per heavy atom. The van der Waals surface area contributed by atoms with Gasteiger partial charge in [0, 0.05) is 23.3 Å². The minimum absolute atomic E-state index is 0.170. The van der Waals surface area contributed by atoms with Gasteiger partial charge in [0.2, 0.25) is 0 Å². The van der Waals surface area contributed by atoms with Gasteiger partial charge < -0.3 is 4.57 Å². The van der Waals surface area contributed by atoms with Crippen LogP contribution in [0, 0.1) is 19.3 Å². The number of nitrogens with zero attached hydrogens (tertiary/aromatic N) is 3. The van der Waals surface area contributed by atoms with E-state index in [1.54, 1.807) is 17.2 Å². The maximum Gasteiger partial charge on any atom is 0.283 e. The van der Waals surface area contributed by atoms with Crippen molar-refractivity contribution in [3.05, 3.63) is 70.0 Å². The van der Waals surface area contributed by atoms with Crippen LogP contribution in [-0.4, -0.2) is 26.4 Å². The molecule has 0 saturated heterocycles. The first-order valence-electron chi connectivity index (χ1n) is 9.76. The molecule has 0 bridgehead atoms. The molecule has 0 fully saturated rings. The third-order valence-corrected chi connectivity index (χ3v) is 6.37. The monoisotopic (exact) mass is 404 g/mol. The second-order valence-electron chi connectivity index (χ2n) is 7.44. The molecule has 0 aliphatic carbocycles. The fourth-order valence-corrected chi connectivity index (χ4v) is 4.41. The van der Waals surface area contributed by atoms with Crippen molar-refractivity contribution < 1.29 is 4.79 Å². The van der Waals surface area contributed by atoms with Crippen molar-refractivity contribution in [1.82, 2.24) is 9.47 Å². The highest BCUT2D eigenvalue weighted by Crippen LogP contribution is 2.29. The lowest BCUT2D eigenvalue weighted by Crippen LogP contribution is -2.35. The van der Waals surface area contributed by atoms with E-state index in [2.05, 4.69) is 60.7 Å². The van der Waals surface area contributed by atoms with Gasteiger partial charge in [-0.1, -0.05) is 37.7 Å². The quantitative estimate of drug-likeness (QED) is 0.696. The molecule has 6 heteroatoms. The summed E-state index contributed by atoms with van der Waals surface area (Å²) in [6.45, 7) is 8.54. The molecule has 3 heterocycles. The SMILES string of the molecule is CC[C@@H](C)c1ccc(-n2c(C)cc(/C=C3/C(=N)N4C=CSC4=NC3=O)c2C)cc1. The summed E-state index contributed by atoms with van der Waals surface area (Å²) in [5, 5.41) is 10.8. The van der Waals surface area contributed by atoms with Crippen molar-refractivity contribution in [1.29, 1.82) is 5.41 Å². The Balaban J connectivity index is 1.71. The van der Waals surface area contributed by atoms with Gasteiger partial charge in [-0.2, -0.15) is 4.99 Å². The van der Waals surface area contributed by atoms with Crippen LogP contribution in [0.5, 0.6) is 0 Å². The number of aromatic nitrogens is 1. The molecular formula is C23H24N4OS. The second-order valence-corrected chi connectivity index (χ2v) is 8.31. The van der Waals surface area contributed by atoms with Crippen molar-refractivity contribution in [3.63, 3.8) is 0 Å². The molecule has 4 rings (SSSR count). The standard InChI is InChI=1S/C23H24N4OS/c1-5-14(2)17-6-8-19(9-7-17)27-15(3)12-18(16(27)4)13-20-21(24)26-10-11-29-23(26)25-22(20)28/h6-14,24H,5H2,1-4H3/b20-13-,24-21?/t14-/m1/s1. The zero-order chi connectivity index (χ0) is 20.7. The van der Waals surface area contributed by atoms with Gasteiger partial charge in [0.15, 0.2) is 5.17 Å². The van der Waals surface area contributed by atoms with Crippen LogP contribution in [0.25, 0.3) is 11.8 Å². The molecule has 1 amide bonds. The minimum Gasteiger partial charge on any atom is -0.318 e. The molecule has 0 saturated carbocycles. The first-order chi connectivity index (χ1) is 13.9. The summed E-state index contributed by atoms with van der Waals surface area (Å²) in [5.41, 5.74) is 5.80. The number of benzene rings is 1. The number of carbonyl (C=O) groups excluding carboxylic acids is 1. The number of amidine groups is 2. The van der Waals surface area contributed by atoms with E-state index in [-0.39, 0.29) is 11.7 Å². The summed E-state index contributed by atoms with van der Waals surface area (Å²) in [5.74, 6) is 0.354. The van der Waals surface area contributed by atoms with Crippen molar-refractivity contribution in [2.75, 3.05) is 0 Å².